The molecule has 2 aromatic rings. The number of rotatable bonds is 7. The molecule has 1 aliphatic carbocycles. The van der Waals surface area contributed by atoms with Crippen LogP contribution in [-0.2, 0) is 4.79 Å². The van der Waals surface area contributed by atoms with Gasteiger partial charge in [-0.05, 0) is 77.6 Å². The van der Waals surface area contributed by atoms with E-state index in [9.17, 15) is 9.90 Å². The van der Waals surface area contributed by atoms with Crippen LogP contribution in [0.3, 0.4) is 0 Å². The first kappa shape index (κ1) is 24.2. The summed E-state index contributed by atoms with van der Waals surface area (Å²) < 4.78 is 21.7. The summed E-state index contributed by atoms with van der Waals surface area (Å²) >= 11 is 0. The zero-order valence-electron chi connectivity index (χ0n) is 18.4. The molecule has 0 radical (unpaired) electrons. The van der Waals surface area contributed by atoms with Crippen molar-refractivity contribution in [2.45, 2.75) is 13.8 Å². The van der Waals surface area contributed by atoms with Crippen LogP contribution >= 0.6 is 12.4 Å². The second-order valence-electron chi connectivity index (χ2n) is 7.03. The largest absolute Gasteiger partial charge is 0.497 e. The minimum absolute atomic E-state index is 0. The number of aliphatic carboxylic acids is 1. The minimum Gasteiger partial charge on any atom is -0.497 e. The minimum atomic E-state index is -0.868. The Kier molecular flexibility index (Phi) is 7.63. The second-order valence-corrected chi connectivity index (χ2v) is 7.03. The highest BCUT2D eigenvalue weighted by Crippen LogP contribution is 2.47. The molecule has 1 aliphatic rings. The SMILES string of the molecule is COc1ccc2c(c1)C(C(C)C(=O)O)=C(C)C2=Cc1cc(OC)c(OC)c(OC)c1.Cl. The van der Waals surface area contributed by atoms with Crippen molar-refractivity contribution in [3.05, 3.63) is 52.6 Å². The molecule has 0 saturated carbocycles. The summed E-state index contributed by atoms with van der Waals surface area (Å²) in [4.78, 5) is 11.8. The molecule has 0 spiro atoms. The highest BCUT2D eigenvalue weighted by molar-refractivity contribution is 6.08. The van der Waals surface area contributed by atoms with E-state index in [1.165, 1.54) is 0 Å². The predicted octanol–water partition coefficient (Wildman–Crippen LogP) is 5.19. The van der Waals surface area contributed by atoms with Crippen molar-refractivity contribution in [1.29, 1.82) is 0 Å². The molecule has 0 fully saturated rings. The maximum atomic E-state index is 11.8. The average molecular weight is 447 g/mol. The van der Waals surface area contributed by atoms with E-state index in [0.29, 0.717) is 23.0 Å². The predicted molar refractivity (Wildman–Crippen MR) is 124 cm³/mol. The van der Waals surface area contributed by atoms with Crippen LogP contribution in [0.5, 0.6) is 23.0 Å². The van der Waals surface area contributed by atoms with E-state index in [1.807, 2.05) is 43.3 Å². The van der Waals surface area contributed by atoms with Crippen molar-refractivity contribution < 1.29 is 28.8 Å². The molecule has 2 aromatic carbocycles. The van der Waals surface area contributed by atoms with E-state index in [4.69, 9.17) is 18.9 Å². The van der Waals surface area contributed by atoms with Gasteiger partial charge in [0.25, 0.3) is 0 Å². The van der Waals surface area contributed by atoms with Crippen LogP contribution in [0, 0.1) is 5.92 Å². The number of carbonyl (C=O) groups is 1. The summed E-state index contributed by atoms with van der Waals surface area (Å²) in [5, 5.41) is 9.65. The Morgan fingerprint density at radius 3 is 2.03 bits per heavy atom. The fourth-order valence-corrected chi connectivity index (χ4v) is 3.88. The van der Waals surface area contributed by atoms with Gasteiger partial charge in [-0.1, -0.05) is 6.07 Å². The molecule has 0 aromatic heterocycles. The number of hydrogen-bond donors (Lipinski definition) is 1. The van der Waals surface area contributed by atoms with Gasteiger partial charge in [0.1, 0.15) is 5.75 Å². The Balaban J connectivity index is 0.00000341. The van der Waals surface area contributed by atoms with Crippen LogP contribution in [0.1, 0.15) is 30.5 Å². The molecular weight excluding hydrogens is 420 g/mol. The average Bonchev–Trinajstić information content (AvgIpc) is 3.02. The van der Waals surface area contributed by atoms with Crippen LogP contribution in [-0.4, -0.2) is 39.5 Å². The Hall–Kier alpha value is -3.12. The second kappa shape index (κ2) is 9.79. The van der Waals surface area contributed by atoms with Crippen molar-refractivity contribution in [2.24, 2.45) is 5.92 Å². The molecular formula is C24H27ClO6. The normalized spacial score (nSPS) is 14.6. The number of ether oxygens (including phenoxy) is 4. The van der Waals surface area contributed by atoms with Gasteiger partial charge >= 0.3 is 5.97 Å². The summed E-state index contributed by atoms with van der Waals surface area (Å²) in [5.74, 6) is 0.792. The molecule has 1 unspecified atom stereocenters. The number of carboxylic acid groups (broad SMARTS) is 1. The van der Waals surface area contributed by atoms with E-state index < -0.39 is 11.9 Å². The molecule has 6 nitrogen and oxygen atoms in total. The van der Waals surface area contributed by atoms with Crippen LogP contribution in [0.4, 0.5) is 0 Å². The number of benzene rings is 2. The first-order valence-corrected chi connectivity index (χ1v) is 9.50. The van der Waals surface area contributed by atoms with Crippen molar-refractivity contribution in [1.82, 2.24) is 0 Å². The summed E-state index contributed by atoms with van der Waals surface area (Å²) in [6, 6.07) is 9.46. The number of carboxylic acids is 1. The number of halogens is 1. The number of allylic oxidation sites excluding steroid dienone is 2. The standard InChI is InChI=1S/C24H26O6.ClH/c1-13-18(9-15-10-20(28-4)23(30-6)21(11-15)29-5)17-8-7-16(27-3)12-19(17)22(13)14(2)24(25)26;/h7-12,14H,1-6H3,(H,25,26);1H. The maximum absolute atomic E-state index is 11.8. The van der Waals surface area contributed by atoms with Crippen molar-refractivity contribution in [3.8, 4) is 23.0 Å². The van der Waals surface area contributed by atoms with Crippen LogP contribution in [0.25, 0.3) is 17.2 Å². The number of fused-ring (bicyclic) bond motifs is 1. The van der Waals surface area contributed by atoms with Gasteiger partial charge in [-0.15, -0.1) is 12.4 Å². The van der Waals surface area contributed by atoms with Gasteiger partial charge in [0.05, 0.1) is 34.4 Å². The monoisotopic (exact) mass is 446 g/mol. The van der Waals surface area contributed by atoms with E-state index >= 15 is 0 Å². The molecule has 0 aliphatic heterocycles. The lowest BCUT2D eigenvalue weighted by atomic mass is 9.93. The van der Waals surface area contributed by atoms with Gasteiger partial charge < -0.3 is 24.1 Å². The fourth-order valence-electron chi connectivity index (χ4n) is 3.88. The van der Waals surface area contributed by atoms with E-state index in [0.717, 1.165) is 33.4 Å². The quantitative estimate of drug-likeness (QED) is 0.630. The lowest BCUT2D eigenvalue weighted by molar-refractivity contribution is -0.139. The van der Waals surface area contributed by atoms with Gasteiger partial charge in [-0.3, -0.25) is 4.79 Å². The smallest absolute Gasteiger partial charge is 0.310 e. The summed E-state index contributed by atoms with van der Waals surface area (Å²) in [6.07, 6.45) is 2.01. The summed E-state index contributed by atoms with van der Waals surface area (Å²) in [7, 11) is 6.30. The molecule has 3 rings (SSSR count). The maximum Gasteiger partial charge on any atom is 0.310 e. The topological polar surface area (TPSA) is 74.2 Å². The van der Waals surface area contributed by atoms with E-state index in [1.54, 1.807) is 35.4 Å². The van der Waals surface area contributed by atoms with Crippen molar-refractivity contribution in [3.63, 3.8) is 0 Å². The Morgan fingerprint density at radius 2 is 1.55 bits per heavy atom. The highest BCUT2D eigenvalue weighted by Gasteiger charge is 2.30. The molecule has 0 amide bonds. The van der Waals surface area contributed by atoms with Crippen LogP contribution < -0.4 is 18.9 Å². The lowest BCUT2D eigenvalue weighted by Crippen LogP contribution is -2.11. The Bertz CT molecular complexity index is 1030. The highest BCUT2D eigenvalue weighted by atomic mass is 35.5. The molecule has 166 valence electrons. The molecule has 31 heavy (non-hydrogen) atoms. The lowest BCUT2D eigenvalue weighted by Gasteiger charge is -2.13. The van der Waals surface area contributed by atoms with Gasteiger partial charge in [-0.2, -0.15) is 0 Å². The van der Waals surface area contributed by atoms with Crippen molar-refractivity contribution in [2.75, 3.05) is 28.4 Å². The third kappa shape index (κ3) is 4.35. The van der Waals surface area contributed by atoms with Crippen LogP contribution in [0.2, 0.25) is 0 Å². The first-order chi connectivity index (χ1) is 14.4. The third-order valence-electron chi connectivity index (χ3n) is 5.42. The summed E-state index contributed by atoms with van der Waals surface area (Å²) in [5.41, 5.74) is 5.34. The number of methoxy groups -OCH3 is 4. The van der Waals surface area contributed by atoms with Crippen molar-refractivity contribution >= 4 is 35.6 Å². The molecule has 0 bridgehead atoms. The zero-order valence-corrected chi connectivity index (χ0v) is 19.3. The molecule has 7 heteroatoms. The molecule has 1 N–H and O–H groups in total. The van der Waals surface area contributed by atoms with Gasteiger partial charge in [0.15, 0.2) is 11.5 Å². The molecule has 1 atom stereocenters. The van der Waals surface area contributed by atoms with Gasteiger partial charge in [-0.25, -0.2) is 0 Å². The van der Waals surface area contributed by atoms with E-state index in [2.05, 4.69) is 0 Å². The van der Waals surface area contributed by atoms with Gasteiger partial charge in [0, 0.05) is 0 Å². The zero-order chi connectivity index (χ0) is 22.0. The van der Waals surface area contributed by atoms with Crippen LogP contribution in [0.15, 0.2) is 35.9 Å². The van der Waals surface area contributed by atoms with E-state index in [-0.39, 0.29) is 12.4 Å². The summed E-state index contributed by atoms with van der Waals surface area (Å²) in [6.45, 7) is 3.65. The van der Waals surface area contributed by atoms with Gasteiger partial charge in [0.2, 0.25) is 5.75 Å². The Morgan fingerprint density at radius 1 is 0.935 bits per heavy atom. The fraction of sp³-hybridized carbons (Fsp3) is 0.292. The third-order valence-corrected chi connectivity index (χ3v) is 5.42. The first-order valence-electron chi connectivity index (χ1n) is 9.50. The Labute approximate surface area is 188 Å². The molecule has 0 heterocycles. The number of hydrogen-bond acceptors (Lipinski definition) is 5. The molecule has 0 saturated heterocycles.